The first-order valence-electron chi connectivity index (χ1n) is 13.2. The van der Waals surface area contributed by atoms with Crippen LogP contribution < -0.4 is 9.62 Å². The number of Topliss-reactive ketones (excluding diaryl/α,β-unsaturated/α-hetero) is 1. The van der Waals surface area contributed by atoms with Crippen molar-refractivity contribution in [1.82, 2.24) is 10.2 Å². The smallest absolute Gasteiger partial charge is 0.244 e. The topological polar surface area (TPSA) is 104 Å². The lowest BCUT2D eigenvalue weighted by atomic mass is 10.0. The van der Waals surface area contributed by atoms with Crippen molar-refractivity contribution < 1.29 is 22.8 Å². The molecule has 224 valence electrons. The zero-order chi connectivity index (χ0) is 31.2. The van der Waals surface area contributed by atoms with Crippen LogP contribution in [0.1, 0.15) is 49.2 Å². The number of halogens is 2. The van der Waals surface area contributed by atoms with Crippen molar-refractivity contribution in [2.75, 3.05) is 17.1 Å². The maximum atomic E-state index is 14.2. The average Bonchev–Trinajstić information content (AvgIpc) is 2.90. The van der Waals surface area contributed by atoms with E-state index < -0.39 is 40.0 Å². The van der Waals surface area contributed by atoms with Gasteiger partial charge in [0.25, 0.3) is 0 Å². The maximum Gasteiger partial charge on any atom is 0.244 e. The number of nitrogens with zero attached hydrogens (tertiary/aromatic N) is 2. The van der Waals surface area contributed by atoms with Crippen LogP contribution >= 0.6 is 23.2 Å². The predicted molar refractivity (Wildman–Crippen MR) is 167 cm³/mol. The number of benzene rings is 3. The van der Waals surface area contributed by atoms with Crippen LogP contribution in [-0.2, 0) is 32.6 Å². The van der Waals surface area contributed by atoms with E-state index in [9.17, 15) is 22.8 Å². The van der Waals surface area contributed by atoms with Gasteiger partial charge in [-0.3, -0.25) is 18.7 Å². The fourth-order valence-electron chi connectivity index (χ4n) is 4.34. The van der Waals surface area contributed by atoms with Crippen molar-refractivity contribution >= 4 is 56.5 Å². The molecule has 1 N–H and O–H groups in total. The number of anilines is 1. The summed E-state index contributed by atoms with van der Waals surface area (Å²) in [5.41, 5.74) is 1.27. The zero-order valence-corrected chi connectivity index (χ0v) is 26.6. The molecule has 0 saturated heterocycles. The summed E-state index contributed by atoms with van der Waals surface area (Å²) in [6.07, 6.45) is 1.16. The van der Waals surface area contributed by atoms with Crippen LogP contribution in [0.2, 0.25) is 10.0 Å². The van der Waals surface area contributed by atoms with Gasteiger partial charge in [0.1, 0.15) is 12.6 Å². The monoisotopic (exact) mass is 631 g/mol. The standard InChI is InChI=1S/C31H35Cl2N3O5S/c1-21(37)24-12-9-13-25(18-24)36(42(5,40)41)20-29(38)35(19-23-14-15-26(32)27(33)16-23)28(30(39)34-31(2,3)4)17-22-10-7-6-8-11-22/h6-16,18,28H,17,19-20H2,1-5H3,(H,34,39)/t28-/m0/s1. The van der Waals surface area contributed by atoms with E-state index in [1.165, 1.54) is 24.0 Å². The Morgan fingerprint density at radius 3 is 2.12 bits per heavy atom. The van der Waals surface area contributed by atoms with Crippen LogP contribution in [0.4, 0.5) is 5.69 Å². The molecule has 1 atom stereocenters. The van der Waals surface area contributed by atoms with Crippen molar-refractivity contribution in [3.8, 4) is 0 Å². The fraction of sp³-hybridized carbons (Fsp3) is 0.323. The summed E-state index contributed by atoms with van der Waals surface area (Å²) < 4.78 is 26.8. The lowest BCUT2D eigenvalue weighted by Crippen LogP contribution is -2.56. The number of carbonyl (C=O) groups excluding carboxylic acids is 3. The molecule has 3 aromatic carbocycles. The second-order valence-corrected chi connectivity index (χ2v) is 13.8. The lowest BCUT2D eigenvalue weighted by Gasteiger charge is -2.35. The molecule has 0 heterocycles. The molecule has 0 fully saturated rings. The van der Waals surface area contributed by atoms with E-state index in [1.54, 1.807) is 30.3 Å². The predicted octanol–water partition coefficient (Wildman–Crippen LogP) is 5.52. The maximum absolute atomic E-state index is 14.2. The van der Waals surface area contributed by atoms with E-state index in [0.29, 0.717) is 16.1 Å². The zero-order valence-electron chi connectivity index (χ0n) is 24.2. The molecule has 0 radical (unpaired) electrons. The Hall–Kier alpha value is -3.40. The number of nitrogens with one attached hydrogen (secondary N) is 1. The van der Waals surface area contributed by atoms with Gasteiger partial charge in [-0.1, -0.05) is 71.7 Å². The van der Waals surface area contributed by atoms with Crippen molar-refractivity contribution in [1.29, 1.82) is 0 Å². The Kier molecular flexibility index (Phi) is 10.8. The molecule has 2 amide bonds. The van der Waals surface area contributed by atoms with Crippen LogP contribution in [0.25, 0.3) is 0 Å². The Bertz CT molecular complexity index is 1560. The Morgan fingerprint density at radius 2 is 1.55 bits per heavy atom. The van der Waals surface area contributed by atoms with Gasteiger partial charge in [0, 0.05) is 24.1 Å². The molecule has 0 spiro atoms. The number of rotatable bonds is 11. The van der Waals surface area contributed by atoms with Gasteiger partial charge in [-0.05, 0) is 63.1 Å². The summed E-state index contributed by atoms with van der Waals surface area (Å²) in [6.45, 7) is 6.23. The molecular formula is C31H35Cl2N3O5S. The van der Waals surface area contributed by atoms with Crippen molar-refractivity contribution in [2.45, 2.75) is 52.2 Å². The quantitative estimate of drug-likeness (QED) is 0.281. The molecular weight excluding hydrogens is 597 g/mol. The molecule has 0 unspecified atom stereocenters. The average molecular weight is 633 g/mol. The van der Waals surface area contributed by atoms with Crippen molar-refractivity contribution in [2.24, 2.45) is 0 Å². The molecule has 0 aliphatic rings. The summed E-state index contributed by atoms with van der Waals surface area (Å²) in [5, 5.41) is 3.58. The number of ketones is 1. The van der Waals surface area contributed by atoms with Crippen LogP contribution in [0.5, 0.6) is 0 Å². The Labute approximate surface area is 257 Å². The molecule has 0 aliphatic heterocycles. The molecule has 11 heteroatoms. The van der Waals surface area contributed by atoms with Crippen LogP contribution in [0, 0.1) is 0 Å². The lowest BCUT2D eigenvalue weighted by molar-refractivity contribution is -0.140. The van der Waals surface area contributed by atoms with E-state index in [0.717, 1.165) is 16.1 Å². The van der Waals surface area contributed by atoms with Gasteiger partial charge in [0.05, 0.1) is 22.0 Å². The largest absolute Gasteiger partial charge is 0.350 e. The molecule has 0 bridgehead atoms. The van der Waals surface area contributed by atoms with E-state index in [4.69, 9.17) is 23.2 Å². The summed E-state index contributed by atoms with van der Waals surface area (Å²) >= 11 is 12.4. The normalized spacial score (nSPS) is 12.4. The third kappa shape index (κ3) is 9.31. The Balaban J connectivity index is 2.11. The first-order chi connectivity index (χ1) is 19.5. The molecule has 42 heavy (non-hydrogen) atoms. The summed E-state index contributed by atoms with van der Waals surface area (Å²) in [5.74, 6) is -1.27. The Morgan fingerprint density at radius 1 is 0.881 bits per heavy atom. The summed E-state index contributed by atoms with van der Waals surface area (Å²) in [6, 6.07) is 19.2. The number of sulfonamides is 1. The van der Waals surface area contributed by atoms with Gasteiger partial charge in [-0.25, -0.2) is 8.42 Å². The molecule has 0 aliphatic carbocycles. The second kappa shape index (κ2) is 13.7. The number of carbonyl (C=O) groups is 3. The molecule has 0 aromatic heterocycles. The van der Waals surface area contributed by atoms with Gasteiger partial charge in [-0.2, -0.15) is 0 Å². The molecule has 3 aromatic rings. The third-order valence-corrected chi connectivity index (χ3v) is 8.21. The van der Waals surface area contributed by atoms with Gasteiger partial charge in [0.15, 0.2) is 5.78 Å². The minimum absolute atomic E-state index is 0.0458. The second-order valence-electron chi connectivity index (χ2n) is 11.1. The minimum Gasteiger partial charge on any atom is -0.350 e. The summed E-state index contributed by atoms with van der Waals surface area (Å²) in [7, 11) is -3.97. The van der Waals surface area contributed by atoms with Crippen LogP contribution in [0.3, 0.4) is 0 Å². The first-order valence-corrected chi connectivity index (χ1v) is 15.8. The van der Waals surface area contributed by atoms with Crippen molar-refractivity contribution in [3.63, 3.8) is 0 Å². The van der Waals surface area contributed by atoms with Crippen molar-refractivity contribution in [3.05, 3.63) is 99.5 Å². The molecule has 3 rings (SSSR count). The summed E-state index contributed by atoms with van der Waals surface area (Å²) in [4.78, 5) is 41.3. The van der Waals surface area contributed by atoms with Gasteiger partial charge in [-0.15, -0.1) is 0 Å². The third-order valence-electron chi connectivity index (χ3n) is 6.33. The highest BCUT2D eigenvalue weighted by atomic mass is 35.5. The highest BCUT2D eigenvalue weighted by Gasteiger charge is 2.34. The number of amides is 2. The first kappa shape index (κ1) is 33.1. The highest BCUT2D eigenvalue weighted by Crippen LogP contribution is 2.26. The van der Waals surface area contributed by atoms with Gasteiger partial charge >= 0.3 is 0 Å². The van der Waals surface area contributed by atoms with E-state index in [2.05, 4.69) is 5.32 Å². The fourth-order valence-corrected chi connectivity index (χ4v) is 5.50. The van der Waals surface area contributed by atoms with Gasteiger partial charge in [0.2, 0.25) is 21.8 Å². The number of hydrogen-bond acceptors (Lipinski definition) is 5. The molecule has 0 saturated carbocycles. The van der Waals surface area contributed by atoms with E-state index in [-0.39, 0.29) is 29.5 Å². The number of hydrogen-bond donors (Lipinski definition) is 1. The highest BCUT2D eigenvalue weighted by molar-refractivity contribution is 7.92. The van der Waals surface area contributed by atoms with E-state index in [1.807, 2.05) is 51.1 Å². The van der Waals surface area contributed by atoms with Gasteiger partial charge < -0.3 is 10.2 Å². The molecule has 8 nitrogen and oxygen atoms in total. The SMILES string of the molecule is CC(=O)c1cccc(N(CC(=O)N(Cc2ccc(Cl)c(Cl)c2)[C@@H](Cc2ccccc2)C(=O)NC(C)(C)C)S(C)(=O)=O)c1. The van der Waals surface area contributed by atoms with Crippen LogP contribution in [0.15, 0.2) is 72.8 Å². The minimum atomic E-state index is -3.97. The van der Waals surface area contributed by atoms with Crippen LogP contribution in [-0.4, -0.2) is 55.3 Å². The van der Waals surface area contributed by atoms with E-state index >= 15 is 0 Å².